The second kappa shape index (κ2) is 5.70. The Kier molecular flexibility index (Phi) is 4.30. The number of nitrogens with zero attached hydrogens (tertiary/aromatic N) is 3. The molecule has 0 radical (unpaired) electrons. The van der Waals surface area contributed by atoms with Gasteiger partial charge in [-0.15, -0.1) is 0 Å². The Hall–Kier alpha value is -1.52. The third-order valence-electron chi connectivity index (χ3n) is 3.30. The van der Waals surface area contributed by atoms with Crippen molar-refractivity contribution in [1.82, 2.24) is 14.7 Å². The maximum atomic E-state index is 12.3. The highest BCUT2D eigenvalue weighted by atomic mass is 35.5. The van der Waals surface area contributed by atoms with Gasteiger partial charge in [0.05, 0.1) is 10.0 Å². The van der Waals surface area contributed by atoms with Crippen LogP contribution in [0.2, 0.25) is 10.0 Å². The summed E-state index contributed by atoms with van der Waals surface area (Å²) in [6.45, 7) is 3.60. The summed E-state index contributed by atoms with van der Waals surface area (Å²) in [6, 6.07) is 7.34. The minimum Gasteiger partial charge on any atom is -0.347 e. The van der Waals surface area contributed by atoms with Gasteiger partial charge in [-0.25, -0.2) is 0 Å². The summed E-state index contributed by atoms with van der Waals surface area (Å²) in [5, 5.41) is 5.50. The van der Waals surface area contributed by atoms with Crippen molar-refractivity contribution in [2.24, 2.45) is 0 Å². The molecule has 1 aromatic carbocycles. The molecule has 0 aliphatic rings. The van der Waals surface area contributed by atoms with E-state index in [1.165, 1.54) is 4.90 Å². The van der Waals surface area contributed by atoms with Gasteiger partial charge in [0.1, 0.15) is 11.2 Å². The standard InChI is InChI=1S/C15H17Cl2N3O/c1-15(2,14(21)19(3)4)20-9-12(17)13(18-20)10-7-5-6-8-11(10)16/h5-9H,1-4H3. The fourth-order valence-corrected chi connectivity index (χ4v) is 2.58. The molecule has 1 heterocycles. The lowest BCUT2D eigenvalue weighted by Crippen LogP contribution is -2.44. The van der Waals surface area contributed by atoms with E-state index in [2.05, 4.69) is 5.10 Å². The van der Waals surface area contributed by atoms with E-state index in [-0.39, 0.29) is 5.91 Å². The molecule has 1 amide bonds. The third kappa shape index (κ3) is 2.92. The lowest BCUT2D eigenvalue weighted by atomic mass is 10.0. The van der Waals surface area contributed by atoms with Crippen LogP contribution in [0.15, 0.2) is 30.5 Å². The van der Waals surface area contributed by atoms with E-state index >= 15 is 0 Å². The van der Waals surface area contributed by atoms with E-state index in [1.54, 1.807) is 44.9 Å². The van der Waals surface area contributed by atoms with Crippen LogP contribution in [0.3, 0.4) is 0 Å². The molecule has 112 valence electrons. The third-order valence-corrected chi connectivity index (χ3v) is 3.91. The minimum atomic E-state index is -0.827. The summed E-state index contributed by atoms with van der Waals surface area (Å²) in [5.74, 6) is -0.0626. The van der Waals surface area contributed by atoms with E-state index in [0.29, 0.717) is 15.7 Å². The molecule has 2 aromatic rings. The number of carbonyl (C=O) groups is 1. The average Bonchev–Trinajstić information content (AvgIpc) is 2.81. The predicted molar refractivity (Wildman–Crippen MR) is 85.7 cm³/mol. The molecule has 0 atom stereocenters. The highest BCUT2D eigenvalue weighted by Gasteiger charge is 2.33. The largest absolute Gasteiger partial charge is 0.347 e. The zero-order chi connectivity index (χ0) is 15.8. The molecule has 0 unspecified atom stereocenters. The van der Waals surface area contributed by atoms with Crippen LogP contribution in [0, 0.1) is 0 Å². The normalized spacial score (nSPS) is 11.5. The van der Waals surface area contributed by atoms with Crippen molar-refractivity contribution in [3.8, 4) is 11.3 Å². The Balaban J connectivity index is 2.50. The molecule has 2 rings (SSSR count). The number of hydrogen-bond donors (Lipinski definition) is 0. The number of carbonyl (C=O) groups excluding carboxylic acids is 1. The van der Waals surface area contributed by atoms with Crippen molar-refractivity contribution < 1.29 is 4.79 Å². The first-order valence-electron chi connectivity index (χ1n) is 6.47. The Bertz CT molecular complexity index is 677. The second-order valence-corrected chi connectivity index (χ2v) is 6.32. The van der Waals surface area contributed by atoms with Gasteiger partial charge in [-0.2, -0.15) is 5.10 Å². The minimum absolute atomic E-state index is 0.0626. The Morgan fingerprint density at radius 2 is 1.81 bits per heavy atom. The molecule has 0 spiro atoms. The van der Waals surface area contributed by atoms with Gasteiger partial charge in [0, 0.05) is 25.9 Å². The van der Waals surface area contributed by atoms with Gasteiger partial charge < -0.3 is 4.90 Å². The van der Waals surface area contributed by atoms with Gasteiger partial charge in [-0.05, 0) is 19.9 Å². The molecular weight excluding hydrogens is 309 g/mol. The fourth-order valence-electron chi connectivity index (χ4n) is 2.12. The number of amides is 1. The first-order chi connectivity index (χ1) is 9.75. The number of rotatable bonds is 3. The average molecular weight is 326 g/mol. The van der Waals surface area contributed by atoms with Gasteiger partial charge in [-0.3, -0.25) is 9.48 Å². The van der Waals surface area contributed by atoms with Crippen molar-refractivity contribution >= 4 is 29.1 Å². The molecule has 1 aromatic heterocycles. The van der Waals surface area contributed by atoms with Crippen LogP contribution >= 0.6 is 23.2 Å². The summed E-state index contributed by atoms with van der Waals surface area (Å²) in [4.78, 5) is 13.8. The topological polar surface area (TPSA) is 38.1 Å². The van der Waals surface area contributed by atoms with Crippen molar-refractivity contribution in [2.45, 2.75) is 19.4 Å². The number of halogens is 2. The summed E-state index contributed by atoms with van der Waals surface area (Å²) < 4.78 is 1.58. The molecular formula is C15H17Cl2N3O. The number of benzene rings is 1. The van der Waals surface area contributed by atoms with Crippen LogP contribution in [0.4, 0.5) is 0 Å². The summed E-state index contributed by atoms with van der Waals surface area (Å²) in [5.41, 5.74) is 0.491. The van der Waals surface area contributed by atoms with E-state index in [9.17, 15) is 4.79 Å². The van der Waals surface area contributed by atoms with Gasteiger partial charge in [0.15, 0.2) is 0 Å². The van der Waals surface area contributed by atoms with Gasteiger partial charge >= 0.3 is 0 Å². The van der Waals surface area contributed by atoms with Crippen LogP contribution in [0.25, 0.3) is 11.3 Å². The van der Waals surface area contributed by atoms with Crippen LogP contribution in [0.1, 0.15) is 13.8 Å². The molecule has 0 aliphatic carbocycles. The Labute approximate surface area is 134 Å². The van der Waals surface area contributed by atoms with Gasteiger partial charge in [-0.1, -0.05) is 41.4 Å². The van der Waals surface area contributed by atoms with E-state index < -0.39 is 5.54 Å². The number of hydrogen-bond acceptors (Lipinski definition) is 2. The first kappa shape index (κ1) is 15.9. The Morgan fingerprint density at radius 1 is 1.19 bits per heavy atom. The quantitative estimate of drug-likeness (QED) is 0.863. The van der Waals surface area contributed by atoms with Gasteiger partial charge in [0.2, 0.25) is 5.91 Å². The molecule has 0 saturated carbocycles. The highest BCUT2D eigenvalue weighted by Crippen LogP contribution is 2.33. The van der Waals surface area contributed by atoms with Crippen molar-refractivity contribution in [3.63, 3.8) is 0 Å². The highest BCUT2D eigenvalue weighted by molar-refractivity contribution is 6.36. The number of likely N-dealkylation sites (N-methyl/N-ethyl adjacent to an activating group) is 1. The lowest BCUT2D eigenvalue weighted by molar-refractivity contribution is -0.137. The smallest absolute Gasteiger partial charge is 0.249 e. The lowest BCUT2D eigenvalue weighted by Gasteiger charge is -2.27. The Morgan fingerprint density at radius 3 is 2.38 bits per heavy atom. The molecule has 0 aliphatic heterocycles. The zero-order valence-corrected chi connectivity index (χ0v) is 13.9. The monoisotopic (exact) mass is 325 g/mol. The van der Waals surface area contributed by atoms with E-state index in [1.807, 2.05) is 18.2 Å². The van der Waals surface area contributed by atoms with Crippen LogP contribution in [-0.2, 0) is 10.3 Å². The molecule has 0 N–H and O–H groups in total. The fraction of sp³-hybridized carbons (Fsp3) is 0.333. The van der Waals surface area contributed by atoms with Crippen molar-refractivity contribution in [1.29, 1.82) is 0 Å². The first-order valence-corrected chi connectivity index (χ1v) is 7.23. The van der Waals surface area contributed by atoms with Crippen LogP contribution in [-0.4, -0.2) is 34.7 Å². The van der Waals surface area contributed by atoms with Gasteiger partial charge in [0.25, 0.3) is 0 Å². The van der Waals surface area contributed by atoms with Crippen LogP contribution in [0.5, 0.6) is 0 Å². The second-order valence-electron chi connectivity index (χ2n) is 5.51. The summed E-state index contributed by atoms with van der Waals surface area (Å²) in [7, 11) is 3.42. The molecule has 21 heavy (non-hydrogen) atoms. The zero-order valence-electron chi connectivity index (χ0n) is 12.4. The van der Waals surface area contributed by atoms with E-state index in [0.717, 1.165) is 5.56 Å². The molecule has 0 bridgehead atoms. The SMILES string of the molecule is CN(C)C(=O)C(C)(C)n1cc(Cl)c(-c2ccccc2Cl)n1. The molecule has 6 heteroatoms. The van der Waals surface area contributed by atoms with Crippen LogP contribution < -0.4 is 0 Å². The number of aromatic nitrogens is 2. The predicted octanol–water partition coefficient (Wildman–Crippen LogP) is 3.68. The maximum Gasteiger partial charge on any atom is 0.249 e. The molecule has 0 fully saturated rings. The van der Waals surface area contributed by atoms with Crippen molar-refractivity contribution in [2.75, 3.05) is 14.1 Å². The summed E-state index contributed by atoms with van der Waals surface area (Å²) >= 11 is 12.5. The summed E-state index contributed by atoms with van der Waals surface area (Å²) in [6.07, 6.45) is 1.65. The molecule has 0 saturated heterocycles. The van der Waals surface area contributed by atoms with E-state index in [4.69, 9.17) is 23.2 Å². The maximum absolute atomic E-state index is 12.3. The molecule has 4 nitrogen and oxygen atoms in total. The van der Waals surface area contributed by atoms with Crippen molar-refractivity contribution in [3.05, 3.63) is 40.5 Å².